The first-order valence-corrected chi connectivity index (χ1v) is 4.44. The Kier molecular flexibility index (Phi) is 3.24. The molecule has 0 fully saturated rings. The van der Waals surface area contributed by atoms with Crippen molar-refractivity contribution in [3.05, 3.63) is 33.9 Å². The first-order valence-electron chi connectivity index (χ1n) is 3.99. The van der Waals surface area contributed by atoms with Gasteiger partial charge in [0.15, 0.2) is 0 Å². The van der Waals surface area contributed by atoms with Gasteiger partial charge in [-0.1, -0.05) is 19.1 Å². The van der Waals surface area contributed by atoms with E-state index in [1.54, 1.807) is 19.1 Å². The lowest BCUT2D eigenvalue weighted by Gasteiger charge is -2.06. The molecule has 1 aromatic carbocycles. The van der Waals surface area contributed by atoms with Gasteiger partial charge in [0.1, 0.15) is 6.29 Å². The number of benzene rings is 1. The van der Waals surface area contributed by atoms with Gasteiger partial charge in [-0.05, 0) is 6.07 Å². The summed E-state index contributed by atoms with van der Waals surface area (Å²) in [5.41, 5.74) is 0.313. The number of hydrogen-bond acceptors (Lipinski definition) is 4. The zero-order valence-electron chi connectivity index (χ0n) is 7.51. The number of nitrogens with zero attached hydrogens (tertiary/aromatic N) is 1. The number of hydrogen-bond donors (Lipinski definition) is 1. The molecule has 0 bridgehead atoms. The van der Waals surface area contributed by atoms with Crippen molar-refractivity contribution in [2.75, 3.05) is 0 Å². The lowest BCUT2D eigenvalue weighted by molar-refractivity contribution is -0.388. The number of para-hydroxylation sites is 1. The molecule has 4 nitrogen and oxygen atoms in total. The van der Waals surface area contributed by atoms with Crippen LogP contribution in [0.15, 0.2) is 23.1 Å². The predicted octanol–water partition coefficient (Wildman–Crippen LogP) is 2.19. The number of carbonyl (C=O) groups excluding carboxylic acids is 1. The molecular formula is C9H9NO3S. The number of thiol groups is 1. The molecule has 0 heterocycles. The fourth-order valence-corrected chi connectivity index (χ4v) is 1.49. The largest absolute Gasteiger partial charge is 0.303 e. The molecule has 0 saturated carbocycles. The minimum absolute atomic E-state index is 0.0876. The maximum atomic E-state index is 10.7. The van der Waals surface area contributed by atoms with Crippen molar-refractivity contribution in [1.82, 2.24) is 0 Å². The van der Waals surface area contributed by atoms with Gasteiger partial charge < -0.3 is 4.79 Å². The third-order valence-corrected chi connectivity index (χ3v) is 2.28. The van der Waals surface area contributed by atoms with E-state index >= 15 is 0 Å². The van der Waals surface area contributed by atoms with Crippen LogP contribution in [0.2, 0.25) is 0 Å². The molecule has 1 aromatic rings. The Hall–Kier alpha value is -1.36. The second kappa shape index (κ2) is 4.23. The van der Waals surface area contributed by atoms with Crippen LogP contribution < -0.4 is 0 Å². The molecule has 1 atom stereocenters. The summed E-state index contributed by atoms with van der Waals surface area (Å²) >= 11 is 3.98. The lowest BCUT2D eigenvalue weighted by atomic mass is 10.0. The summed E-state index contributed by atoms with van der Waals surface area (Å²) in [4.78, 5) is 21.0. The molecule has 14 heavy (non-hydrogen) atoms. The molecule has 0 aliphatic carbocycles. The highest BCUT2D eigenvalue weighted by molar-refractivity contribution is 7.80. The van der Waals surface area contributed by atoms with Crippen LogP contribution in [0.3, 0.4) is 0 Å². The smallest absolute Gasteiger partial charge is 0.286 e. The lowest BCUT2D eigenvalue weighted by Crippen LogP contribution is -2.01. The van der Waals surface area contributed by atoms with E-state index in [1.807, 2.05) is 0 Å². The first-order chi connectivity index (χ1) is 6.57. The Morgan fingerprint density at radius 2 is 2.21 bits per heavy atom. The van der Waals surface area contributed by atoms with Gasteiger partial charge in [-0.25, -0.2) is 0 Å². The van der Waals surface area contributed by atoms with E-state index in [0.29, 0.717) is 11.8 Å². The standard InChI is InChI=1S/C9H9NO3S/c1-6(5-11)7-3-2-4-8(14)9(7)10(12)13/h2-6,14H,1H3. The summed E-state index contributed by atoms with van der Waals surface area (Å²) in [7, 11) is 0. The maximum Gasteiger partial charge on any atom is 0.286 e. The first kappa shape index (κ1) is 10.7. The summed E-state index contributed by atoms with van der Waals surface area (Å²) in [6, 6.07) is 4.74. The van der Waals surface area contributed by atoms with Gasteiger partial charge in [0.25, 0.3) is 5.69 Å². The Bertz CT molecular complexity index is 378. The van der Waals surface area contributed by atoms with Crippen LogP contribution in [0, 0.1) is 10.1 Å². The van der Waals surface area contributed by atoms with Crippen LogP contribution >= 0.6 is 12.6 Å². The summed E-state index contributed by atoms with van der Waals surface area (Å²) in [6.07, 6.45) is 0.676. The zero-order valence-corrected chi connectivity index (χ0v) is 8.40. The highest BCUT2D eigenvalue weighted by Crippen LogP contribution is 2.31. The van der Waals surface area contributed by atoms with Gasteiger partial charge in [0.2, 0.25) is 0 Å². The molecule has 0 N–H and O–H groups in total. The monoisotopic (exact) mass is 211 g/mol. The van der Waals surface area contributed by atoms with Gasteiger partial charge in [-0.2, -0.15) is 0 Å². The van der Waals surface area contributed by atoms with Crippen LogP contribution in [0.1, 0.15) is 18.4 Å². The third kappa shape index (κ3) is 1.93. The number of rotatable bonds is 3. The van der Waals surface area contributed by atoms with Crippen molar-refractivity contribution in [3.8, 4) is 0 Å². The fraction of sp³-hybridized carbons (Fsp3) is 0.222. The number of nitro benzene ring substituents is 1. The van der Waals surface area contributed by atoms with Gasteiger partial charge in [-0.15, -0.1) is 12.6 Å². The van der Waals surface area contributed by atoms with Crippen molar-refractivity contribution in [1.29, 1.82) is 0 Å². The van der Waals surface area contributed by atoms with Gasteiger partial charge in [0.05, 0.1) is 9.82 Å². The molecule has 0 amide bonds. The Morgan fingerprint density at radius 1 is 1.57 bits per heavy atom. The number of nitro groups is 1. The second-order valence-corrected chi connectivity index (χ2v) is 3.38. The Morgan fingerprint density at radius 3 is 2.71 bits per heavy atom. The SMILES string of the molecule is CC(C=O)c1cccc(S)c1[N+](=O)[O-]. The summed E-state index contributed by atoms with van der Waals surface area (Å²) in [6.45, 7) is 1.61. The van der Waals surface area contributed by atoms with E-state index in [0.717, 1.165) is 0 Å². The predicted molar refractivity (Wildman–Crippen MR) is 54.8 cm³/mol. The van der Waals surface area contributed by atoms with E-state index < -0.39 is 10.8 Å². The Balaban J connectivity index is 3.35. The van der Waals surface area contributed by atoms with Crippen LogP contribution in [0.4, 0.5) is 5.69 Å². The van der Waals surface area contributed by atoms with Gasteiger partial charge in [-0.3, -0.25) is 10.1 Å². The van der Waals surface area contributed by atoms with E-state index in [1.165, 1.54) is 6.07 Å². The molecule has 0 aromatic heterocycles. The maximum absolute atomic E-state index is 10.7. The molecule has 5 heteroatoms. The van der Waals surface area contributed by atoms with E-state index in [9.17, 15) is 14.9 Å². The molecular weight excluding hydrogens is 202 g/mol. The highest BCUT2D eigenvalue weighted by Gasteiger charge is 2.20. The van der Waals surface area contributed by atoms with Crippen molar-refractivity contribution >= 4 is 24.6 Å². The van der Waals surface area contributed by atoms with Gasteiger partial charge >= 0.3 is 0 Å². The van der Waals surface area contributed by atoms with Crippen LogP contribution in [0.25, 0.3) is 0 Å². The van der Waals surface area contributed by atoms with E-state index in [-0.39, 0.29) is 10.6 Å². The van der Waals surface area contributed by atoms with Gasteiger partial charge in [0, 0.05) is 11.5 Å². The second-order valence-electron chi connectivity index (χ2n) is 2.90. The molecule has 1 rings (SSSR count). The summed E-state index contributed by atoms with van der Waals surface area (Å²) in [5, 5.41) is 10.7. The third-order valence-electron chi connectivity index (χ3n) is 1.92. The van der Waals surface area contributed by atoms with E-state index in [2.05, 4.69) is 12.6 Å². The normalized spacial score (nSPS) is 12.1. The summed E-state index contributed by atoms with van der Waals surface area (Å²) < 4.78 is 0. The molecule has 0 aliphatic rings. The number of aldehydes is 1. The van der Waals surface area contributed by atoms with Crippen LogP contribution in [-0.2, 0) is 4.79 Å². The van der Waals surface area contributed by atoms with Crippen molar-refractivity contribution in [2.45, 2.75) is 17.7 Å². The molecule has 1 unspecified atom stereocenters. The van der Waals surface area contributed by atoms with Crippen molar-refractivity contribution in [2.24, 2.45) is 0 Å². The van der Waals surface area contributed by atoms with Crippen molar-refractivity contribution in [3.63, 3.8) is 0 Å². The van der Waals surface area contributed by atoms with Crippen molar-refractivity contribution < 1.29 is 9.72 Å². The Labute approximate surface area is 86.5 Å². The van der Waals surface area contributed by atoms with Crippen LogP contribution in [0.5, 0.6) is 0 Å². The van der Waals surface area contributed by atoms with E-state index in [4.69, 9.17) is 0 Å². The topological polar surface area (TPSA) is 60.2 Å². The van der Waals surface area contributed by atoms with Crippen LogP contribution in [-0.4, -0.2) is 11.2 Å². The quantitative estimate of drug-likeness (QED) is 0.361. The fourth-order valence-electron chi connectivity index (χ4n) is 1.19. The zero-order chi connectivity index (χ0) is 10.7. The average molecular weight is 211 g/mol. The molecule has 0 spiro atoms. The average Bonchev–Trinajstić information content (AvgIpc) is 2.15. The molecule has 0 radical (unpaired) electrons. The highest BCUT2D eigenvalue weighted by atomic mass is 32.1. The molecule has 0 saturated heterocycles. The summed E-state index contributed by atoms with van der Waals surface area (Å²) in [5.74, 6) is -0.484. The minimum atomic E-state index is -0.516. The number of carbonyl (C=O) groups is 1. The molecule has 0 aliphatic heterocycles. The molecule has 74 valence electrons. The minimum Gasteiger partial charge on any atom is -0.303 e.